The molecule has 0 amide bonds. The summed E-state index contributed by atoms with van der Waals surface area (Å²) in [5, 5.41) is 10.5. The molecule has 1 atom stereocenters. The lowest BCUT2D eigenvalue weighted by atomic mass is 9.91. The molecule has 0 aromatic carbocycles. The van der Waals surface area contributed by atoms with Crippen molar-refractivity contribution in [3.8, 4) is 5.75 Å². The summed E-state index contributed by atoms with van der Waals surface area (Å²) in [5.41, 5.74) is 0.0283. The highest BCUT2D eigenvalue weighted by molar-refractivity contribution is 5.27. The van der Waals surface area contributed by atoms with Gasteiger partial charge in [0.25, 0.3) is 0 Å². The average Bonchev–Trinajstić information content (AvgIpc) is 2.37. The van der Waals surface area contributed by atoms with Crippen molar-refractivity contribution in [3.63, 3.8) is 0 Å². The van der Waals surface area contributed by atoms with Crippen LogP contribution in [0.2, 0.25) is 0 Å². The molecule has 0 saturated heterocycles. The van der Waals surface area contributed by atoms with Gasteiger partial charge in [-0.3, -0.25) is 4.98 Å². The average molecular weight is 251 g/mol. The maximum atomic E-state index is 10.5. The third-order valence-electron chi connectivity index (χ3n) is 3.08. The van der Waals surface area contributed by atoms with E-state index in [0.717, 1.165) is 43.4 Å². The van der Waals surface area contributed by atoms with Crippen LogP contribution in [-0.4, -0.2) is 16.7 Å². The van der Waals surface area contributed by atoms with Gasteiger partial charge in [0.1, 0.15) is 5.75 Å². The Kier molecular flexibility index (Phi) is 6.13. The molecule has 1 aromatic heterocycles. The summed E-state index contributed by atoms with van der Waals surface area (Å²) in [6, 6.07) is 1.90. The first-order valence-corrected chi connectivity index (χ1v) is 6.91. The van der Waals surface area contributed by atoms with Crippen molar-refractivity contribution in [3.05, 3.63) is 24.0 Å². The predicted octanol–water partition coefficient (Wildman–Crippen LogP) is 3.66. The normalized spacial score (nSPS) is 14.2. The van der Waals surface area contributed by atoms with Crippen molar-refractivity contribution in [2.24, 2.45) is 0 Å². The smallest absolute Gasteiger partial charge is 0.137 e. The van der Waals surface area contributed by atoms with Crippen LogP contribution in [0.3, 0.4) is 0 Å². The van der Waals surface area contributed by atoms with E-state index in [9.17, 15) is 5.11 Å². The van der Waals surface area contributed by atoms with Crippen LogP contribution < -0.4 is 4.74 Å². The van der Waals surface area contributed by atoms with Gasteiger partial charge in [-0.25, -0.2) is 0 Å². The quantitative estimate of drug-likeness (QED) is 0.717. The fourth-order valence-corrected chi connectivity index (χ4v) is 1.88. The van der Waals surface area contributed by atoms with Crippen LogP contribution in [0.5, 0.6) is 5.75 Å². The monoisotopic (exact) mass is 251 g/mol. The molecule has 1 unspecified atom stereocenters. The van der Waals surface area contributed by atoms with Gasteiger partial charge in [0.05, 0.1) is 18.4 Å². The third kappa shape index (κ3) is 4.65. The molecule has 1 aromatic rings. The van der Waals surface area contributed by atoms with E-state index >= 15 is 0 Å². The summed E-state index contributed by atoms with van der Waals surface area (Å²) in [6.45, 7) is 6.76. The molecule has 18 heavy (non-hydrogen) atoms. The fraction of sp³-hybridized carbons (Fsp3) is 0.667. The lowest BCUT2D eigenvalue weighted by molar-refractivity contribution is 0.0443. The topological polar surface area (TPSA) is 42.4 Å². The van der Waals surface area contributed by atoms with Crippen LogP contribution >= 0.6 is 0 Å². The fourth-order valence-electron chi connectivity index (χ4n) is 1.88. The van der Waals surface area contributed by atoms with Crippen LogP contribution in [-0.2, 0) is 5.60 Å². The minimum atomic E-state index is -0.812. The molecular weight excluding hydrogens is 226 g/mol. The number of aromatic nitrogens is 1. The van der Waals surface area contributed by atoms with Gasteiger partial charge >= 0.3 is 0 Å². The molecule has 0 radical (unpaired) electrons. The van der Waals surface area contributed by atoms with Crippen molar-refractivity contribution in [1.29, 1.82) is 0 Å². The SMILES string of the molecule is CCCCCC(C)(O)c1cncc(OCCC)c1. The molecule has 3 heteroatoms. The Morgan fingerprint density at radius 3 is 2.67 bits per heavy atom. The summed E-state index contributed by atoms with van der Waals surface area (Å²) in [6.07, 6.45) is 8.50. The van der Waals surface area contributed by atoms with Crippen molar-refractivity contribution >= 4 is 0 Å². The van der Waals surface area contributed by atoms with Crippen molar-refractivity contribution in [2.45, 2.75) is 58.5 Å². The van der Waals surface area contributed by atoms with E-state index in [1.165, 1.54) is 0 Å². The summed E-state index contributed by atoms with van der Waals surface area (Å²) in [7, 11) is 0. The molecule has 0 aliphatic carbocycles. The molecule has 0 saturated carbocycles. The zero-order chi connectivity index (χ0) is 13.4. The van der Waals surface area contributed by atoms with Gasteiger partial charge in [0, 0.05) is 11.8 Å². The van der Waals surface area contributed by atoms with E-state index in [1.807, 2.05) is 13.0 Å². The predicted molar refractivity (Wildman–Crippen MR) is 73.7 cm³/mol. The molecule has 3 nitrogen and oxygen atoms in total. The van der Waals surface area contributed by atoms with Crippen LogP contribution in [0, 0.1) is 0 Å². The zero-order valence-electron chi connectivity index (χ0n) is 11.8. The molecule has 1 rings (SSSR count). The Morgan fingerprint density at radius 1 is 1.22 bits per heavy atom. The van der Waals surface area contributed by atoms with E-state index in [4.69, 9.17) is 4.74 Å². The van der Waals surface area contributed by atoms with Gasteiger partial charge in [-0.2, -0.15) is 0 Å². The summed E-state index contributed by atoms with van der Waals surface area (Å²) < 4.78 is 5.54. The Hall–Kier alpha value is -1.09. The molecule has 0 bridgehead atoms. The molecule has 102 valence electrons. The molecular formula is C15H25NO2. The lowest BCUT2D eigenvalue weighted by Gasteiger charge is -2.23. The molecule has 1 N–H and O–H groups in total. The highest BCUT2D eigenvalue weighted by Crippen LogP contribution is 2.28. The van der Waals surface area contributed by atoms with Crippen LogP contribution in [0.4, 0.5) is 0 Å². The van der Waals surface area contributed by atoms with E-state index in [1.54, 1.807) is 12.4 Å². The van der Waals surface area contributed by atoms with Crippen molar-refractivity contribution < 1.29 is 9.84 Å². The standard InChI is InChI=1S/C15H25NO2/c1-4-6-7-8-15(3,17)13-10-14(12-16-11-13)18-9-5-2/h10-12,17H,4-9H2,1-3H3. The van der Waals surface area contributed by atoms with E-state index in [2.05, 4.69) is 18.8 Å². The molecule has 0 fully saturated rings. The Balaban J connectivity index is 2.68. The number of hydrogen-bond acceptors (Lipinski definition) is 3. The van der Waals surface area contributed by atoms with Gasteiger partial charge in [0.2, 0.25) is 0 Å². The number of unbranched alkanes of at least 4 members (excludes halogenated alkanes) is 2. The maximum Gasteiger partial charge on any atom is 0.137 e. The van der Waals surface area contributed by atoms with Crippen molar-refractivity contribution in [2.75, 3.05) is 6.61 Å². The summed E-state index contributed by atoms with van der Waals surface area (Å²) in [4.78, 5) is 4.15. The largest absolute Gasteiger partial charge is 0.492 e. The number of ether oxygens (including phenoxy) is 1. The molecule has 0 aliphatic rings. The number of hydrogen-bond donors (Lipinski definition) is 1. The second-order valence-electron chi connectivity index (χ2n) is 4.99. The molecule has 1 heterocycles. The first kappa shape index (κ1) is 15.0. The van der Waals surface area contributed by atoms with Crippen molar-refractivity contribution in [1.82, 2.24) is 4.98 Å². The Morgan fingerprint density at radius 2 is 2.00 bits per heavy atom. The third-order valence-corrected chi connectivity index (χ3v) is 3.08. The van der Waals surface area contributed by atoms with Gasteiger partial charge in [-0.15, -0.1) is 0 Å². The minimum absolute atomic E-state index is 0.684. The number of aliphatic hydroxyl groups is 1. The summed E-state index contributed by atoms with van der Waals surface area (Å²) in [5.74, 6) is 0.741. The van der Waals surface area contributed by atoms with Crippen LogP contribution in [0.25, 0.3) is 0 Å². The first-order chi connectivity index (χ1) is 8.60. The number of pyridine rings is 1. The lowest BCUT2D eigenvalue weighted by Crippen LogP contribution is -2.21. The minimum Gasteiger partial charge on any atom is -0.492 e. The molecule has 0 spiro atoms. The highest BCUT2D eigenvalue weighted by atomic mass is 16.5. The van der Waals surface area contributed by atoms with E-state index < -0.39 is 5.60 Å². The van der Waals surface area contributed by atoms with E-state index in [0.29, 0.717) is 6.61 Å². The van der Waals surface area contributed by atoms with Crippen LogP contribution in [0.15, 0.2) is 18.5 Å². The van der Waals surface area contributed by atoms with Gasteiger partial charge in [-0.05, 0) is 25.8 Å². The highest BCUT2D eigenvalue weighted by Gasteiger charge is 2.23. The number of nitrogens with zero attached hydrogens (tertiary/aromatic N) is 1. The van der Waals surface area contributed by atoms with Gasteiger partial charge in [0.15, 0.2) is 0 Å². The zero-order valence-corrected chi connectivity index (χ0v) is 11.8. The van der Waals surface area contributed by atoms with Crippen LogP contribution in [0.1, 0.15) is 58.4 Å². The Labute approximate surface area is 110 Å². The summed E-state index contributed by atoms with van der Waals surface area (Å²) >= 11 is 0. The van der Waals surface area contributed by atoms with Gasteiger partial charge < -0.3 is 9.84 Å². The second-order valence-corrected chi connectivity index (χ2v) is 4.99. The second kappa shape index (κ2) is 7.37. The first-order valence-electron chi connectivity index (χ1n) is 6.91. The van der Waals surface area contributed by atoms with E-state index in [-0.39, 0.29) is 0 Å². The maximum absolute atomic E-state index is 10.5. The van der Waals surface area contributed by atoms with Gasteiger partial charge in [-0.1, -0.05) is 33.1 Å². The Bertz CT molecular complexity index is 350. The molecule has 0 aliphatic heterocycles. The number of rotatable bonds is 8.